The van der Waals surface area contributed by atoms with Crippen LogP contribution in [0, 0.1) is 0 Å². The molecule has 0 radical (unpaired) electrons. The number of pyridine rings is 1. The maximum Gasteiger partial charge on any atom is 0.339 e. The second kappa shape index (κ2) is 9.92. The average molecular weight is 483 g/mol. The van der Waals surface area contributed by atoms with Crippen molar-refractivity contribution < 1.29 is 14.3 Å². The summed E-state index contributed by atoms with van der Waals surface area (Å²) in [4.78, 5) is 35.4. The number of amides is 1. The molecule has 0 unspecified atom stereocenters. The van der Waals surface area contributed by atoms with E-state index in [0.717, 1.165) is 56.2 Å². The lowest BCUT2D eigenvalue weighted by Crippen LogP contribution is -2.32. The highest BCUT2D eigenvalue weighted by Gasteiger charge is 2.29. The molecule has 2 heterocycles. The van der Waals surface area contributed by atoms with E-state index >= 15 is 0 Å². The second-order valence-electron chi connectivity index (χ2n) is 8.38. The topological polar surface area (TPSA) is 59.5 Å². The standard InChI is InChI=1S/C29H26N2O3S/c1-3-11-21-19(4-2)28(20-12-5-6-13-22(20)30-21)29(33)34-18-27(32)31-23-14-7-9-16-25(23)35-26-17-10-8-15-24(26)31/h5-10,12-17H,3-4,11,18H2,1-2H3. The molecule has 1 aromatic heterocycles. The molecule has 0 N–H and O–H groups in total. The third-order valence-corrected chi connectivity index (χ3v) is 7.26. The number of hydrogen-bond donors (Lipinski definition) is 0. The summed E-state index contributed by atoms with van der Waals surface area (Å²) in [5, 5.41) is 0.756. The van der Waals surface area contributed by atoms with Gasteiger partial charge in [0.05, 0.1) is 22.5 Å². The molecule has 1 amide bonds. The predicted octanol–water partition coefficient (Wildman–Crippen LogP) is 6.74. The molecule has 4 aromatic rings. The van der Waals surface area contributed by atoms with Crippen LogP contribution in [0.1, 0.15) is 41.9 Å². The Morgan fingerprint density at radius 2 is 1.51 bits per heavy atom. The fraction of sp³-hybridized carbons (Fsp3) is 0.207. The van der Waals surface area contributed by atoms with Gasteiger partial charge >= 0.3 is 5.97 Å². The van der Waals surface area contributed by atoms with Gasteiger partial charge in [0.2, 0.25) is 0 Å². The summed E-state index contributed by atoms with van der Waals surface area (Å²) >= 11 is 1.63. The van der Waals surface area contributed by atoms with Crippen LogP contribution in [0.4, 0.5) is 11.4 Å². The van der Waals surface area contributed by atoms with Gasteiger partial charge < -0.3 is 4.74 Å². The van der Waals surface area contributed by atoms with Crippen molar-refractivity contribution >= 4 is 45.9 Å². The second-order valence-corrected chi connectivity index (χ2v) is 9.46. The van der Waals surface area contributed by atoms with Crippen molar-refractivity contribution in [2.45, 2.75) is 42.9 Å². The lowest BCUT2D eigenvalue weighted by Gasteiger charge is -2.30. The van der Waals surface area contributed by atoms with E-state index in [9.17, 15) is 9.59 Å². The predicted molar refractivity (Wildman–Crippen MR) is 140 cm³/mol. The summed E-state index contributed by atoms with van der Waals surface area (Å²) < 4.78 is 5.69. The molecule has 35 heavy (non-hydrogen) atoms. The summed E-state index contributed by atoms with van der Waals surface area (Å²) in [5.41, 5.74) is 4.69. The summed E-state index contributed by atoms with van der Waals surface area (Å²) in [6.45, 7) is 3.76. The lowest BCUT2D eigenvalue weighted by molar-refractivity contribution is -0.121. The Bertz CT molecular complexity index is 1390. The summed E-state index contributed by atoms with van der Waals surface area (Å²) in [7, 11) is 0. The van der Waals surface area contributed by atoms with Crippen molar-refractivity contribution in [2.75, 3.05) is 11.5 Å². The molecule has 1 aliphatic heterocycles. The maximum absolute atomic E-state index is 13.5. The Balaban J connectivity index is 1.47. The fourth-order valence-electron chi connectivity index (χ4n) is 4.60. The van der Waals surface area contributed by atoms with Crippen molar-refractivity contribution in [1.82, 2.24) is 4.98 Å². The van der Waals surface area contributed by atoms with E-state index in [1.807, 2.05) is 79.7 Å². The Hall–Kier alpha value is -3.64. The minimum absolute atomic E-state index is 0.288. The van der Waals surface area contributed by atoms with Gasteiger partial charge in [-0.25, -0.2) is 4.79 Å². The van der Waals surface area contributed by atoms with E-state index in [4.69, 9.17) is 9.72 Å². The molecule has 3 aromatic carbocycles. The molecule has 0 atom stereocenters. The number of para-hydroxylation sites is 3. The van der Waals surface area contributed by atoms with Crippen LogP contribution in [0.5, 0.6) is 0 Å². The van der Waals surface area contributed by atoms with Gasteiger partial charge in [0.15, 0.2) is 6.61 Å². The molecular weight excluding hydrogens is 456 g/mol. The molecule has 0 spiro atoms. The van der Waals surface area contributed by atoms with E-state index in [-0.39, 0.29) is 12.5 Å². The van der Waals surface area contributed by atoms with Gasteiger partial charge in [-0.3, -0.25) is 14.7 Å². The van der Waals surface area contributed by atoms with Crippen LogP contribution in [-0.4, -0.2) is 23.5 Å². The molecule has 0 fully saturated rings. The normalized spacial score (nSPS) is 12.2. The first-order valence-electron chi connectivity index (χ1n) is 11.9. The van der Waals surface area contributed by atoms with Crippen LogP contribution < -0.4 is 4.90 Å². The molecule has 5 rings (SSSR count). The molecule has 1 aliphatic rings. The summed E-state index contributed by atoms with van der Waals surface area (Å²) in [5.74, 6) is -0.775. The van der Waals surface area contributed by atoms with Gasteiger partial charge in [-0.1, -0.05) is 74.5 Å². The smallest absolute Gasteiger partial charge is 0.339 e. The number of carbonyl (C=O) groups excluding carboxylic acids is 2. The van der Waals surface area contributed by atoms with Crippen LogP contribution in [0.2, 0.25) is 0 Å². The molecule has 6 heteroatoms. The molecule has 0 aliphatic carbocycles. The van der Waals surface area contributed by atoms with E-state index in [1.54, 1.807) is 16.7 Å². The number of aromatic nitrogens is 1. The van der Waals surface area contributed by atoms with Crippen molar-refractivity contribution in [3.8, 4) is 0 Å². The number of fused-ring (bicyclic) bond motifs is 3. The van der Waals surface area contributed by atoms with Crippen LogP contribution in [0.3, 0.4) is 0 Å². The first-order valence-corrected chi connectivity index (χ1v) is 12.7. The van der Waals surface area contributed by atoms with Gasteiger partial charge in [0.1, 0.15) is 0 Å². The number of aryl methyl sites for hydroxylation is 1. The van der Waals surface area contributed by atoms with Gasteiger partial charge in [-0.15, -0.1) is 0 Å². The van der Waals surface area contributed by atoms with Gasteiger partial charge in [0, 0.05) is 20.9 Å². The van der Waals surface area contributed by atoms with Crippen molar-refractivity contribution in [2.24, 2.45) is 0 Å². The van der Waals surface area contributed by atoms with Gasteiger partial charge in [-0.05, 0) is 48.7 Å². The molecule has 0 bridgehead atoms. The highest BCUT2D eigenvalue weighted by molar-refractivity contribution is 7.99. The Morgan fingerprint density at radius 1 is 0.886 bits per heavy atom. The molecule has 5 nitrogen and oxygen atoms in total. The minimum atomic E-state index is -0.487. The fourth-order valence-corrected chi connectivity index (χ4v) is 5.66. The third-order valence-electron chi connectivity index (χ3n) is 6.13. The van der Waals surface area contributed by atoms with Crippen LogP contribution >= 0.6 is 11.8 Å². The minimum Gasteiger partial charge on any atom is -0.452 e. The third kappa shape index (κ3) is 4.30. The van der Waals surface area contributed by atoms with E-state index < -0.39 is 5.97 Å². The Kier molecular flexibility index (Phi) is 6.55. The Morgan fingerprint density at radius 3 is 2.17 bits per heavy atom. The zero-order valence-corrected chi connectivity index (χ0v) is 20.6. The van der Waals surface area contributed by atoms with Crippen LogP contribution in [-0.2, 0) is 22.4 Å². The number of hydrogen-bond acceptors (Lipinski definition) is 5. The first kappa shape index (κ1) is 23.1. The number of carbonyl (C=O) groups is 2. The van der Waals surface area contributed by atoms with Crippen molar-refractivity contribution in [3.05, 3.63) is 89.6 Å². The molecular formula is C29H26N2O3S. The number of rotatable bonds is 6. The van der Waals surface area contributed by atoms with Crippen LogP contribution in [0.15, 0.2) is 82.6 Å². The molecule has 176 valence electrons. The summed E-state index contributed by atoms with van der Waals surface area (Å²) in [6.07, 6.45) is 2.37. The maximum atomic E-state index is 13.5. The molecule has 0 saturated heterocycles. The summed E-state index contributed by atoms with van der Waals surface area (Å²) in [6, 6.07) is 23.2. The number of nitrogens with zero attached hydrogens (tertiary/aromatic N) is 2. The van der Waals surface area contributed by atoms with Gasteiger partial charge in [-0.2, -0.15) is 0 Å². The monoisotopic (exact) mass is 482 g/mol. The largest absolute Gasteiger partial charge is 0.452 e. The van der Waals surface area contributed by atoms with Crippen molar-refractivity contribution in [1.29, 1.82) is 0 Å². The average Bonchev–Trinajstić information content (AvgIpc) is 2.89. The van der Waals surface area contributed by atoms with Gasteiger partial charge in [0.25, 0.3) is 5.91 Å². The highest BCUT2D eigenvalue weighted by atomic mass is 32.2. The molecule has 0 saturated carbocycles. The first-order chi connectivity index (χ1) is 17.1. The zero-order valence-electron chi connectivity index (χ0n) is 19.8. The number of ether oxygens (including phenoxy) is 1. The number of benzene rings is 3. The Labute approximate surface area is 209 Å². The SMILES string of the molecule is CCCc1nc2ccccc2c(C(=O)OCC(=O)N2c3ccccc3Sc3ccccc32)c1CC. The zero-order chi connectivity index (χ0) is 24.4. The quantitative estimate of drug-likeness (QED) is 0.285. The van der Waals surface area contributed by atoms with Crippen LogP contribution in [0.25, 0.3) is 10.9 Å². The van der Waals surface area contributed by atoms with Crippen molar-refractivity contribution in [3.63, 3.8) is 0 Å². The lowest BCUT2D eigenvalue weighted by atomic mass is 9.96. The van der Waals surface area contributed by atoms with E-state index in [2.05, 4.69) is 6.92 Å². The van der Waals surface area contributed by atoms with E-state index in [0.29, 0.717) is 12.0 Å². The highest BCUT2D eigenvalue weighted by Crippen LogP contribution is 2.47. The van der Waals surface area contributed by atoms with E-state index in [1.165, 1.54) is 0 Å². The number of esters is 1. The number of anilines is 2.